The summed E-state index contributed by atoms with van der Waals surface area (Å²) in [6.45, 7) is 0. The number of rotatable bonds is 3. The van der Waals surface area contributed by atoms with Crippen molar-refractivity contribution in [1.82, 2.24) is 0 Å². The van der Waals surface area contributed by atoms with E-state index in [2.05, 4.69) is 0 Å². The number of carboxylic acid groups (broad SMARTS) is 1. The second-order valence-electron chi connectivity index (χ2n) is 2.71. The van der Waals surface area contributed by atoms with E-state index >= 15 is 0 Å². The van der Waals surface area contributed by atoms with Gasteiger partial charge in [-0.3, -0.25) is 4.79 Å². The van der Waals surface area contributed by atoms with Crippen LogP contribution in [0, 0.1) is 11.3 Å². The molecule has 0 heterocycles. The summed E-state index contributed by atoms with van der Waals surface area (Å²) in [7, 11) is 0. The van der Waals surface area contributed by atoms with Crippen LogP contribution >= 0.6 is 11.8 Å². The van der Waals surface area contributed by atoms with Crippen molar-refractivity contribution in [3.8, 4) is 6.07 Å². The Kier molecular flexibility index (Phi) is 3.55. The molecule has 0 fully saturated rings. The second kappa shape index (κ2) is 4.68. The highest BCUT2D eigenvalue weighted by Crippen LogP contribution is 2.22. The third-order valence-corrected chi connectivity index (χ3v) is 2.58. The molecule has 0 aliphatic rings. The lowest BCUT2D eigenvalue weighted by molar-refractivity contribution is -0.136. The van der Waals surface area contributed by atoms with Gasteiger partial charge in [0.2, 0.25) is 0 Å². The van der Waals surface area contributed by atoms with Crippen molar-refractivity contribution in [2.75, 3.05) is 6.26 Å². The normalized spacial score (nSPS) is 9.43. The Morgan fingerprint density at radius 1 is 1.64 bits per heavy atom. The fourth-order valence-corrected chi connectivity index (χ4v) is 1.77. The monoisotopic (exact) mass is 207 g/mol. The number of hydrogen-bond acceptors (Lipinski definition) is 3. The molecule has 4 heteroatoms. The molecule has 1 N–H and O–H groups in total. The van der Waals surface area contributed by atoms with Gasteiger partial charge >= 0.3 is 5.97 Å². The smallest absolute Gasteiger partial charge is 0.307 e. The number of carboxylic acids is 1. The van der Waals surface area contributed by atoms with Gasteiger partial charge in [-0.2, -0.15) is 5.26 Å². The quantitative estimate of drug-likeness (QED) is 0.769. The molecular formula is C10H9NO2S. The number of nitriles is 1. The summed E-state index contributed by atoms with van der Waals surface area (Å²) in [4.78, 5) is 11.4. The van der Waals surface area contributed by atoms with Gasteiger partial charge in [0.05, 0.1) is 18.1 Å². The molecule has 0 bridgehead atoms. The molecule has 0 aliphatic heterocycles. The first-order valence-electron chi connectivity index (χ1n) is 3.96. The lowest BCUT2D eigenvalue weighted by Crippen LogP contribution is -2.01. The van der Waals surface area contributed by atoms with Crippen LogP contribution in [0.3, 0.4) is 0 Å². The first-order valence-corrected chi connectivity index (χ1v) is 5.18. The molecule has 0 aromatic heterocycles. The molecule has 1 rings (SSSR count). The SMILES string of the molecule is CSc1cc(C#N)ccc1CC(=O)O. The first kappa shape index (κ1) is 10.6. The van der Waals surface area contributed by atoms with E-state index in [4.69, 9.17) is 10.4 Å². The van der Waals surface area contributed by atoms with E-state index < -0.39 is 5.97 Å². The van der Waals surface area contributed by atoms with Crippen molar-refractivity contribution < 1.29 is 9.90 Å². The van der Waals surface area contributed by atoms with E-state index in [1.807, 2.05) is 12.3 Å². The Balaban J connectivity index is 3.06. The zero-order chi connectivity index (χ0) is 10.6. The van der Waals surface area contributed by atoms with Gasteiger partial charge in [0.25, 0.3) is 0 Å². The van der Waals surface area contributed by atoms with Crippen LogP contribution in [-0.2, 0) is 11.2 Å². The van der Waals surface area contributed by atoms with Gasteiger partial charge in [0, 0.05) is 4.90 Å². The molecular weight excluding hydrogens is 198 g/mol. The van der Waals surface area contributed by atoms with Gasteiger partial charge in [-0.1, -0.05) is 6.07 Å². The predicted molar refractivity (Wildman–Crippen MR) is 54.3 cm³/mol. The van der Waals surface area contributed by atoms with Crippen molar-refractivity contribution in [1.29, 1.82) is 5.26 Å². The maximum atomic E-state index is 10.5. The molecule has 0 radical (unpaired) electrons. The van der Waals surface area contributed by atoms with Crippen molar-refractivity contribution >= 4 is 17.7 Å². The van der Waals surface area contributed by atoms with Crippen LogP contribution < -0.4 is 0 Å². The van der Waals surface area contributed by atoms with E-state index in [9.17, 15) is 4.79 Å². The zero-order valence-electron chi connectivity index (χ0n) is 7.65. The Bertz CT molecular complexity index is 396. The van der Waals surface area contributed by atoms with Crippen molar-refractivity contribution in [2.45, 2.75) is 11.3 Å². The van der Waals surface area contributed by atoms with E-state index in [-0.39, 0.29) is 6.42 Å². The molecule has 0 saturated carbocycles. The molecule has 0 amide bonds. The van der Waals surface area contributed by atoms with Crippen LogP contribution in [-0.4, -0.2) is 17.3 Å². The second-order valence-corrected chi connectivity index (χ2v) is 3.56. The number of carbonyl (C=O) groups is 1. The van der Waals surface area contributed by atoms with Gasteiger partial charge in [0.15, 0.2) is 0 Å². The average molecular weight is 207 g/mol. The number of thioether (sulfide) groups is 1. The first-order chi connectivity index (χ1) is 6.67. The van der Waals surface area contributed by atoms with Gasteiger partial charge in [-0.25, -0.2) is 0 Å². The molecule has 0 aliphatic carbocycles. The van der Waals surface area contributed by atoms with E-state index in [0.29, 0.717) is 5.56 Å². The summed E-state index contributed by atoms with van der Waals surface area (Å²) < 4.78 is 0. The zero-order valence-corrected chi connectivity index (χ0v) is 8.47. The standard InChI is InChI=1S/C10H9NO2S/c1-14-9-4-7(6-11)2-3-8(9)5-10(12)13/h2-4H,5H2,1H3,(H,12,13). The maximum absolute atomic E-state index is 10.5. The Morgan fingerprint density at radius 3 is 2.86 bits per heavy atom. The van der Waals surface area contributed by atoms with Gasteiger partial charge in [-0.15, -0.1) is 11.8 Å². The largest absolute Gasteiger partial charge is 0.481 e. The molecule has 0 atom stereocenters. The average Bonchev–Trinajstić information content (AvgIpc) is 2.17. The molecule has 72 valence electrons. The highest BCUT2D eigenvalue weighted by Gasteiger charge is 2.06. The summed E-state index contributed by atoms with van der Waals surface area (Å²) in [6, 6.07) is 7.06. The molecule has 0 saturated heterocycles. The number of hydrogen-bond donors (Lipinski definition) is 1. The van der Waals surface area contributed by atoms with Crippen molar-refractivity contribution in [2.24, 2.45) is 0 Å². The summed E-state index contributed by atoms with van der Waals surface area (Å²) in [5.41, 5.74) is 1.31. The number of nitrogens with zero attached hydrogens (tertiary/aromatic N) is 1. The summed E-state index contributed by atoms with van der Waals surface area (Å²) >= 11 is 1.45. The maximum Gasteiger partial charge on any atom is 0.307 e. The molecule has 14 heavy (non-hydrogen) atoms. The minimum Gasteiger partial charge on any atom is -0.481 e. The molecule has 0 spiro atoms. The van der Waals surface area contributed by atoms with Crippen LogP contribution in [0.4, 0.5) is 0 Å². The van der Waals surface area contributed by atoms with E-state index in [0.717, 1.165) is 10.5 Å². The van der Waals surface area contributed by atoms with Crippen LogP contribution in [0.2, 0.25) is 0 Å². The van der Waals surface area contributed by atoms with Gasteiger partial charge in [-0.05, 0) is 24.0 Å². The van der Waals surface area contributed by atoms with Crippen LogP contribution in [0.1, 0.15) is 11.1 Å². The minimum atomic E-state index is -0.856. The Labute approximate surface area is 86.4 Å². The Morgan fingerprint density at radius 2 is 2.36 bits per heavy atom. The fraction of sp³-hybridized carbons (Fsp3) is 0.200. The molecule has 0 unspecified atom stereocenters. The lowest BCUT2D eigenvalue weighted by Gasteiger charge is -2.04. The Hall–Kier alpha value is -1.47. The number of aliphatic carboxylic acids is 1. The predicted octanol–water partition coefficient (Wildman–Crippen LogP) is 1.91. The van der Waals surface area contributed by atoms with Crippen LogP contribution in [0.5, 0.6) is 0 Å². The molecule has 1 aromatic rings. The summed E-state index contributed by atoms with van der Waals surface area (Å²) in [5.74, 6) is -0.856. The fourth-order valence-electron chi connectivity index (χ4n) is 1.12. The molecule has 3 nitrogen and oxygen atoms in total. The molecule has 1 aromatic carbocycles. The third-order valence-electron chi connectivity index (χ3n) is 1.76. The van der Waals surface area contributed by atoms with Gasteiger partial charge in [0.1, 0.15) is 0 Å². The minimum absolute atomic E-state index is 0.00187. The van der Waals surface area contributed by atoms with Crippen molar-refractivity contribution in [3.05, 3.63) is 29.3 Å². The summed E-state index contributed by atoms with van der Waals surface area (Å²) in [5, 5.41) is 17.3. The van der Waals surface area contributed by atoms with Crippen LogP contribution in [0.15, 0.2) is 23.1 Å². The topological polar surface area (TPSA) is 61.1 Å². The van der Waals surface area contributed by atoms with Crippen molar-refractivity contribution in [3.63, 3.8) is 0 Å². The number of benzene rings is 1. The van der Waals surface area contributed by atoms with Crippen LogP contribution in [0.25, 0.3) is 0 Å². The highest BCUT2D eigenvalue weighted by molar-refractivity contribution is 7.98. The van der Waals surface area contributed by atoms with Gasteiger partial charge < -0.3 is 5.11 Å². The lowest BCUT2D eigenvalue weighted by atomic mass is 10.1. The van der Waals surface area contributed by atoms with E-state index in [1.54, 1.807) is 18.2 Å². The third kappa shape index (κ3) is 2.51. The highest BCUT2D eigenvalue weighted by atomic mass is 32.2. The van der Waals surface area contributed by atoms with E-state index in [1.165, 1.54) is 11.8 Å². The summed E-state index contributed by atoms with van der Waals surface area (Å²) in [6.07, 6.45) is 1.86.